The van der Waals surface area contributed by atoms with Gasteiger partial charge in [-0.25, -0.2) is 0 Å². The lowest BCUT2D eigenvalue weighted by molar-refractivity contribution is -0.126. The van der Waals surface area contributed by atoms with Crippen LogP contribution in [-0.4, -0.2) is 42.6 Å². The molecule has 5 heteroatoms. The van der Waals surface area contributed by atoms with Gasteiger partial charge < -0.3 is 10.4 Å². The van der Waals surface area contributed by atoms with Crippen molar-refractivity contribution in [2.75, 3.05) is 26.7 Å². The van der Waals surface area contributed by atoms with Gasteiger partial charge >= 0.3 is 0 Å². The van der Waals surface area contributed by atoms with Crippen molar-refractivity contribution in [3.63, 3.8) is 0 Å². The molecule has 1 aromatic rings. The van der Waals surface area contributed by atoms with Gasteiger partial charge in [0.15, 0.2) is 0 Å². The summed E-state index contributed by atoms with van der Waals surface area (Å²) in [5, 5.41) is 21.8. The molecular weight excluding hydrogens is 266 g/mol. The van der Waals surface area contributed by atoms with Crippen LogP contribution in [0, 0.1) is 17.2 Å². The second-order valence-corrected chi connectivity index (χ2v) is 5.46. The molecule has 1 aliphatic rings. The maximum absolute atomic E-state index is 11.7. The smallest absolute Gasteiger partial charge is 0.224 e. The number of amides is 1. The van der Waals surface area contributed by atoms with E-state index in [1.54, 1.807) is 31.3 Å². The maximum atomic E-state index is 11.7. The lowest BCUT2D eigenvalue weighted by atomic mass is 9.96. The lowest BCUT2D eigenvalue weighted by Crippen LogP contribution is -2.43. The normalized spacial score (nSPS) is 20.5. The highest BCUT2D eigenvalue weighted by Crippen LogP contribution is 2.21. The largest absolute Gasteiger partial charge is 0.387 e. The minimum absolute atomic E-state index is 0.0110. The number of aliphatic hydroxyl groups excluding tert-OH is 1. The second-order valence-electron chi connectivity index (χ2n) is 5.46. The number of nitriles is 1. The van der Waals surface area contributed by atoms with Gasteiger partial charge in [0.2, 0.25) is 5.91 Å². The van der Waals surface area contributed by atoms with E-state index in [2.05, 4.69) is 16.3 Å². The van der Waals surface area contributed by atoms with Crippen molar-refractivity contribution in [2.24, 2.45) is 5.92 Å². The van der Waals surface area contributed by atoms with Crippen LogP contribution in [0.3, 0.4) is 0 Å². The Morgan fingerprint density at radius 2 is 2.24 bits per heavy atom. The first-order chi connectivity index (χ1) is 10.1. The van der Waals surface area contributed by atoms with E-state index in [1.165, 1.54) is 0 Å². The van der Waals surface area contributed by atoms with Crippen molar-refractivity contribution in [1.29, 1.82) is 5.26 Å². The number of piperidine rings is 1. The predicted molar refractivity (Wildman–Crippen MR) is 79.3 cm³/mol. The number of nitrogens with one attached hydrogen (secondary N) is 1. The summed E-state index contributed by atoms with van der Waals surface area (Å²) in [5.41, 5.74) is 1.39. The number of β-amino-alcohol motifs (C(OH)–C–C–N with tert-alkyl or cyclic N) is 1. The SMILES string of the molecule is CNC(=O)C1CCCN(CC(O)c2ccc(C#N)cc2)C1. The van der Waals surface area contributed by atoms with E-state index in [1.807, 2.05) is 0 Å². The zero-order chi connectivity index (χ0) is 15.2. The first-order valence-corrected chi connectivity index (χ1v) is 7.26. The summed E-state index contributed by atoms with van der Waals surface area (Å²) in [7, 11) is 1.66. The maximum Gasteiger partial charge on any atom is 0.224 e. The molecule has 0 saturated carbocycles. The fourth-order valence-electron chi connectivity index (χ4n) is 2.77. The molecule has 0 aromatic heterocycles. The molecule has 1 fully saturated rings. The zero-order valence-corrected chi connectivity index (χ0v) is 12.2. The van der Waals surface area contributed by atoms with Crippen LogP contribution < -0.4 is 5.32 Å². The molecule has 5 nitrogen and oxygen atoms in total. The van der Waals surface area contributed by atoms with E-state index < -0.39 is 6.10 Å². The van der Waals surface area contributed by atoms with Gasteiger partial charge in [-0.05, 0) is 37.1 Å². The highest BCUT2D eigenvalue weighted by molar-refractivity contribution is 5.78. The highest BCUT2D eigenvalue weighted by Gasteiger charge is 2.26. The number of nitrogens with zero attached hydrogens (tertiary/aromatic N) is 2. The van der Waals surface area contributed by atoms with Crippen LogP contribution in [0.5, 0.6) is 0 Å². The Labute approximate surface area is 125 Å². The standard InChI is InChI=1S/C16H21N3O2/c1-18-16(21)14-3-2-8-19(10-14)11-15(20)13-6-4-12(9-17)5-7-13/h4-7,14-15,20H,2-3,8,10-11H2,1H3,(H,18,21). The summed E-state index contributed by atoms with van der Waals surface area (Å²) >= 11 is 0. The minimum Gasteiger partial charge on any atom is -0.387 e. The van der Waals surface area contributed by atoms with Crippen LogP contribution in [-0.2, 0) is 4.79 Å². The Bertz CT molecular complexity index is 521. The molecule has 0 bridgehead atoms. The Morgan fingerprint density at radius 1 is 1.52 bits per heavy atom. The van der Waals surface area contributed by atoms with Crippen molar-refractivity contribution in [1.82, 2.24) is 10.2 Å². The summed E-state index contributed by atoms with van der Waals surface area (Å²) in [6.07, 6.45) is 1.28. The number of hydrogen-bond acceptors (Lipinski definition) is 4. The van der Waals surface area contributed by atoms with Gasteiger partial charge in [-0.15, -0.1) is 0 Å². The number of likely N-dealkylation sites (tertiary alicyclic amines) is 1. The van der Waals surface area contributed by atoms with Crippen LogP contribution in [0.4, 0.5) is 0 Å². The van der Waals surface area contributed by atoms with E-state index in [-0.39, 0.29) is 11.8 Å². The van der Waals surface area contributed by atoms with Crippen LogP contribution >= 0.6 is 0 Å². The first kappa shape index (κ1) is 15.5. The summed E-state index contributed by atoms with van der Waals surface area (Å²) in [6.45, 7) is 2.10. The molecule has 112 valence electrons. The molecule has 21 heavy (non-hydrogen) atoms. The molecular formula is C16H21N3O2. The average molecular weight is 287 g/mol. The predicted octanol–water partition coefficient (Wildman–Crippen LogP) is 1.05. The fraction of sp³-hybridized carbons (Fsp3) is 0.500. The van der Waals surface area contributed by atoms with Gasteiger partial charge in [0.05, 0.1) is 23.7 Å². The van der Waals surface area contributed by atoms with Gasteiger partial charge in [0.25, 0.3) is 0 Å². The van der Waals surface area contributed by atoms with E-state index in [4.69, 9.17) is 5.26 Å². The molecule has 2 rings (SSSR count). The molecule has 0 spiro atoms. The third-order valence-electron chi connectivity index (χ3n) is 3.98. The summed E-state index contributed by atoms with van der Waals surface area (Å²) in [5.74, 6) is 0.0875. The first-order valence-electron chi connectivity index (χ1n) is 7.26. The average Bonchev–Trinajstić information content (AvgIpc) is 2.54. The van der Waals surface area contributed by atoms with Gasteiger partial charge in [0.1, 0.15) is 0 Å². The van der Waals surface area contributed by atoms with E-state index in [0.29, 0.717) is 18.7 Å². The quantitative estimate of drug-likeness (QED) is 0.868. The lowest BCUT2D eigenvalue weighted by Gasteiger charge is -2.33. The van der Waals surface area contributed by atoms with Crippen molar-refractivity contribution >= 4 is 5.91 Å². The van der Waals surface area contributed by atoms with Crippen molar-refractivity contribution in [2.45, 2.75) is 18.9 Å². The Morgan fingerprint density at radius 3 is 2.86 bits per heavy atom. The van der Waals surface area contributed by atoms with E-state index >= 15 is 0 Å². The van der Waals surface area contributed by atoms with Crippen LogP contribution in [0.1, 0.15) is 30.1 Å². The number of carbonyl (C=O) groups excluding carboxylic acids is 1. The summed E-state index contributed by atoms with van der Waals surface area (Å²) in [6, 6.07) is 9.05. The summed E-state index contributed by atoms with van der Waals surface area (Å²) < 4.78 is 0. The number of benzene rings is 1. The minimum atomic E-state index is -0.596. The monoisotopic (exact) mass is 287 g/mol. The molecule has 1 heterocycles. The van der Waals surface area contributed by atoms with Crippen molar-refractivity contribution in [3.05, 3.63) is 35.4 Å². The third kappa shape index (κ3) is 4.03. The van der Waals surface area contributed by atoms with Gasteiger partial charge in [0, 0.05) is 20.1 Å². The van der Waals surface area contributed by atoms with Gasteiger partial charge in [-0.2, -0.15) is 5.26 Å². The Balaban J connectivity index is 1.93. The van der Waals surface area contributed by atoms with E-state index in [0.717, 1.165) is 24.9 Å². The molecule has 1 aromatic carbocycles. The number of hydrogen-bond donors (Lipinski definition) is 2. The van der Waals surface area contributed by atoms with Crippen LogP contribution in [0.25, 0.3) is 0 Å². The highest BCUT2D eigenvalue weighted by atomic mass is 16.3. The Hall–Kier alpha value is -1.90. The number of aliphatic hydroxyl groups is 1. The molecule has 0 aliphatic carbocycles. The molecule has 1 aliphatic heterocycles. The van der Waals surface area contributed by atoms with Crippen molar-refractivity contribution in [3.8, 4) is 6.07 Å². The fourth-order valence-corrected chi connectivity index (χ4v) is 2.77. The summed E-state index contributed by atoms with van der Waals surface area (Å²) in [4.78, 5) is 13.8. The topological polar surface area (TPSA) is 76.4 Å². The Kier molecular flexibility index (Phi) is 5.32. The molecule has 2 unspecified atom stereocenters. The van der Waals surface area contributed by atoms with Crippen molar-refractivity contribution < 1.29 is 9.90 Å². The van der Waals surface area contributed by atoms with E-state index in [9.17, 15) is 9.90 Å². The molecule has 2 N–H and O–H groups in total. The van der Waals surface area contributed by atoms with Gasteiger partial charge in [-0.3, -0.25) is 9.69 Å². The molecule has 2 atom stereocenters. The third-order valence-corrected chi connectivity index (χ3v) is 3.98. The number of carbonyl (C=O) groups is 1. The van der Waals surface area contributed by atoms with Crippen LogP contribution in [0.15, 0.2) is 24.3 Å². The van der Waals surface area contributed by atoms with Gasteiger partial charge in [-0.1, -0.05) is 12.1 Å². The molecule has 0 radical (unpaired) electrons. The van der Waals surface area contributed by atoms with Crippen LogP contribution in [0.2, 0.25) is 0 Å². The molecule has 1 amide bonds. The molecule has 1 saturated heterocycles. The second kappa shape index (κ2) is 7.21. The zero-order valence-electron chi connectivity index (χ0n) is 12.2. The number of rotatable bonds is 4.